The van der Waals surface area contributed by atoms with Crippen LogP contribution >= 0.6 is 0 Å². The van der Waals surface area contributed by atoms with Gasteiger partial charge >= 0.3 is 0 Å². The van der Waals surface area contributed by atoms with Crippen LogP contribution in [0, 0.1) is 0 Å². The normalized spacial score (nSPS) is 28.2. The fraction of sp³-hybridized carbons (Fsp3) is 0.412. The Morgan fingerprint density at radius 3 is 2.56 bits per heavy atom. The molecule has 1 aliphatic carbocycles. The van der Waals surface area contributed by atoms with E-state index in [-0.39, 0.29) is 24.8 Å². The molecule has 8 nitrogen and oxygen atoms in total. The molecule has 3 unspecified atom stereocenters. The number of piperidine rings is 1. The van der Waals surface area contributed by atoms with Gasteiger partial charge in [-0.15, -0.1) is 0 Å². The van der Waals surface area contributed by atoms with Crippen molar-refractivity contribution in [2.45, 2.75) is 43.9 Å². The van der Waals surface area contributed by atoms with Crippen LogP contribution in [0.25, 0.3) is 0 Å². The van der Waals surface area contributed by atoms with E-state index in [1.54, 1.807) is 18.2 Å². The molecule has 1 saturated heterocycles. The molecule has 3 atom stereocenters. The average Bonchev–Trinajstić information content (AvgIpc) is 3.23. The maximum Gasteiger partial charge on any atom is 0.262 e. The summed E-state index contributed by atoms with van der Waals surface area (Å²) in [7, 11) is 0. The SMILES string of the molecule is NC1CC1NCc1ccc2c(c1)C(=O)N(C1CCC(=O)NC1=O)C2=O. The summed E-state index contributed by atoms with van der Waals surface area (Å²) in [5.41, 5.74) is 7.23. The van der Waals surface area contributed by atoms with Gasteiger partial charge in [0.15, 0.2) is 0 Å². The molecule has 2 fully saturated rings. The van der Waals surface area contributed by atoms with E-state index in [0.29, 0.717) is 23.7 Å². The first-order valence-corrected chi connectivity index (χ1v) is 8.29. The summed E-state index contributed by atoms with van der Waals surface area (Å²) in [4.78, 5) is 49.5. The van der Waals surface area contributed by atoms with E-state index in [4.69, 9.17) is 5.73 Å². The molecule has 4 rings (SSSR count). The minimum Gasteiger partial charge on any atom is -0.326 e. The lowest BCUT2D eigenvalue weighted by atomic mass is 10.0. The Labute approximate surface area is 143 Å². The fourth-order valence-corrected chi connectivity index (χ4v) is 3.33. The van der Waals surface area contributed by atoms with Crippen molar-refractivity contribution in [2.75, 3.05) is 0 Å². The van der Waals surface area contributed by atoms with Gasteiger partial charge < -0.3 is 11.1 Å². The highest BCUT2D eigenvalue weighted by molar-refractivity contribution is 6.23. The Balaban J connectivity index is 1.54. The van der Waals surface area contributed by atoms with Crippen molar-refractivity contribution in [1.29, 1.82) is 0 Å². The topological polar surface area (TPSA) is 122 Å². The van der Waals surface area contributed by atoms with Crippen LogP contribution < -0.4 is 16.4 Å². The zero-order chi connectivity index (χ0) is 17.7. The molecule has 0 spiro atoms. The minimum atomic E-state index is -0.934. The molecule has 25 heavy (non-hydrogen) atoms. The summed E-state index contributed by atoms with van der Waals surface area (Å²) in [5, 5.41) is 5.47. The average molecular weight is 342 g/mol. The molecule has 4 N–H and O–H groups in total. The lowest BCUT2D eigenvalue weighted by molar-refractivity contribution is -0.136. The van der Waals surface area contributed by atoms with Crippen molar-refractivity contribution in [3.63, 3.8) is 0 Å². The van der Waals surface area contributed by atoms with Crippen molar-refractivity contribution >= 4 is 23.6 Å². The molecule has 1 aromatic rings. The molecule has 0 radical (unpaired) electrons. The number of nitrogens with two attached hydrogens (primary N) is 1. The highest BCUT2D eigenvalue weighted by Gasteiger charge is 2.44. The number of imide groups is 2. The van der Waals surface area contributed by atoms with Gasteiger partial charge in [0, 0.05) is 25.0 Å². The molecule has 8 heteroatoms. The number of nitrogens with one attached hydrogen (secondary N) is 2. The lowest BCUT2D eigenvalue weighted by Crippen LogP contribution is -2.54. The molecule has 1 aromatic carbocycles. The number of amides is 4. The quantitative estimate of drug-likeness (QED) is 0.621. The zero-order valence-corrected chi connectivity index (χ0v) is 13.5. The van der Waals surface area contributed by atoms with E-state index in [1.807, 2.05) is 0 Å². The van der Waals surface area contributed by atoms with Crippen LogP contribution in [0.1, 0.15) is 45.5 Å². The second-order valence-electron chi connectivity index (χ2n) is 6.71. The van der Waals surface area contributed by atoms with Crippen molar-refractivity contribution in [3.05, 3.63) is 34.9 Å². The molecule has 1 saturated carbocycles. The van der Waals surface area contributed by atoms with Crippen molar-refractivity contribution in [3.8, 4) is 0 Å². The zero-order valence-electron chi connectivity index (χ0n) is 13.5. The maximum absolute atomic E-state index is 12.7. The van der Waals surface area contributed by atoms with Gasteiger partial charge in [-0.2, -0.15) is 0 Å². The minimum absolute atomic E-state index is 0.112. The predicted molar refractivity (Wildman–Crippen MR) is 86.3 cm³/mol. The van der Waals surface area contributed by atoms with Gasteiger partial charge in [0.05, 0.1) is 11.1 Å². The Hall–Kier alpha value is -2.58. The van der Waals surface area contributed by atoms with Crippen LogP contribution in [0.5, 0.6) is 0 Å². The second-order valence-corrected chi connectivity index (χ2v) is 6.71. The first-order chi connectivity index (χ1) is 12.0. The third kappa shape index (κ3) is 2.73. The predicted octanol–water partition coefficient (Wildman–Crippen LogP) is -0.723. The maximum atomic E-state index is 12.7. The van der Waals surface area contributed by atoms with Crippen LogP contribution in [-0.2, 0) is 16.1 Å². The first kappa shape index (κ1) is 15.9. The van der Waals surface area contributed by atoms with Crippen LogP contribution in [0.3, 0.4) is 0 Å². The molecule has 3 aliphatic rings. The number of benzene rings is 1. The second kappa shape index (κ2) is 5.75. The van der Waals surface area contributed by atoms with Gasteiger partial charge in [-0.1, -0.05) is 6.07 Å². The van der Waals surface area contributed by atoms with E-state index in [0.717, 1.165) is 16.9 Å². The van der Waals surface area contributed by atoms with Gasteiger partial charge in [-0.3, -0.25) is 29.4 Å². The van der Waals surface area contributed by atoms with Gasteiger partial charge in [-0.25, -0.2) is 0 Å². The summed E-state index contributed by atoms with van der Waals surface area (Å²) in [6.07, 6.45) is 1.20. The summed E-state index contributed by atoms with van der Waals surface area (Å²) >= 11 is 0. The Kier molecular flexibility index (Phi) is 3.66. The standard InChI is InChI=1S/C17H18N4O4/c18-11-6-12(11)19-7-8-1-2-9-10(5-8)17(25)21(16(9)24)13-3-4-14(22)20-15(13)23/h1-2,5,11-13,19H,3-4,6-7,18H2,(H,20,22,23). The van der Waals surface area contributed by atoms with E-state index in [1.165, 1.54) is 0 Å². The van der Waals surface area contributed by atoms with E-state index in [2.05, 4.69) is 10.6 Å². The smallest absolute Gasteiger partial charge is 0.262 e. The largest absolute Gasteiger partial charge is 0.326 e. The summed E-state index contributed by atoms with van der Waals surface area (Å²) in [5.74, 6) is -1.96. The molecule has 0 aromatic heterocycles. The molecule has 2 aliphatic heterocycles. The molecule has 2 heterocycles. The number of carbonyl (C=O) groups is 4. The Bertz CT molecular complexity index is 806. The Morgan fingerprint density at radius 1 is 1.16 bits per heavy atom. The number of nitrogens with zero attached hydrogens (tertiary/aromatic N) is 1. The van der Waals surface area contributed by atoms with Crippen LogP contribution in [0.4, 0.5) is 0 Å². The van der Waals surface area contributed by atoms with Crippen LogP contribution in [0.2, 0.25) is 0 Å². The summed E-state index contributed by atoms with van der Waals surface area (Å²) < 4.78 is 0. The highest BCUT2D eigenvalue weighted by atomic mass is 16.2. The van der Waals surface area contributed by atoms with Crippen molar-refractivity contribution in [2.24, 2.45) is 5.73 Å². The molecule has 0 bridgehead atoms. The van der Waals surface area contributed by atoms with Gasteiger partial charge in [0.2, 0.25) is 11.8 Å². The molecular weight excluding hydrogens is 324 g/mol. The van der Waals surface area contributed by atoms with E-state index in [9.17, 15) is 19.2 Å². The monoisotopic (exact) mass is 342 g/mol. The Morgan fingerprint density at radius 2 is 1.88 bits per heavy atom. The first-order valence-electron chi connectivity index (χ1n) is 8.29. The lowest BCUT2D eigenvalue weighted by Gasteiger charge is -2.27. The summed E-state index contributed by atoms with van der Waals surface area (Å²) in [6.45, 7) is 0.561. The van der Waals surface area contributed by atoms with Crippen LogP contribution in [0.15, 0.2) is 18.2 Å². The number of hydrogen-bond donors (Lipinski definition) is 3. The van der Waals surface area contributed by atoms with E-state index >= 15 is 0 Å². The van der Waals surface area contributed by atoms with E-state index < -0.39 is 23.8 Å². The van der Waals surface area contributed by atoms with Crippen molar-refractivity contribution in [1.82, 2.24) is 15.5 Å². The van der Waals surface area contributed by atoms with Gasteiger partial charge in [0.25, 0.3) is 11.8 Å². The molecule has 4 amide bonds. The number of carbonyl (C=O) groups excluding carboxylic acids is 4. The molecular formula is C17H18N4O4. The van der Waals surface area contributed by atoms with Gasteiger partial charge in [-0.05, 0) is 30.5 Å². The number of hydrogen-bond acceptors (Lipinski definition) is 6. The fourth-order valence-electron chi connectivity index (χ4n) is 3.33. The van der Waals surface area contributed by atoms with Gasteiger partial charge in [0.1, 0.15) is 6.04 Å². The third-order valence-corrected chi connectivity index (χ3v) is 4.91. The number of rotatable bonds is 4. The third-order valence-electron chi connectivity index (χ3n) is 4.91. The summed E-state index contributed by atoms with van der Waals surface area (Å²) in [6, 6.07) is 4.63. The molecule has 130 valence electrons. The number of fused-ring (bicyclic) bond motifs is 1. The van der Waals surface area contributed by atoms with Crippen LogP contribution in [-0.4, -0.2) is 46.7 Å². The van der Waals surface area contributed by atoms with Crippen molar-refractivity contribution < 1.29 is 19.2 Å². The highest BCUT2D eigenvalue weighted by Crippen LogP contribution is 2.28.